The van der Waals surface area contributed by atoms with E-state index in [4.69, 9.17) is 4.74 Å². The Balaban J connectivity index is 2.46. The van der Waals surface area contributed by atoms with Crippen LogP contribution < -0.4 is 0 Å². The second kappa shape index (κ2) is 10.2. The predicted molar refractivity (Wildman–Crippen MR) is 110 cm³/mol. The molecule has 0 N–H and O–H groups in total. The third-order valence-corrected chi connectivity index (χ3v) is 5.73. The molecule has 1 aliphatic carbocycles. The Kier molecular flexibility index (Phi) is 8.26. The first kappa shape index (κ1) is 23.4. The number of allylic oxidation sites excluding steroid dienone is 3. The number of hydrogen-bond acceptors (Lipinski definition) is 2. The number of unbranched alkanes of at least 4 members (excludes halogenated alkanes) is 1. The van der Waals surface area contributed by atoms with E-state index in [1.54, 1.807) is 0 Å². The topological polar surface area (TPSA) is 26.3 Å². The number of carbonyl (C=O) groups excluding carboxylic acids is 1. The van der Waals surface area contributed by atoms with Crippen LogP contribution in [0, 0.1) is 12.8 Å². The maximum absolute atomic E-state index is 15.0. The Morgan fingerprint density at radius 1 is 1.14 bits per heavy atom. The van der Waals surface area contributed by atoms with Crippen LogP contribution in [0.25, 0.3) is 0 Å². The van der Waals surface area contributed by atoms with Crippen LogP contribution in [0.1, 0.15) is 57.1 Å². The number of aryl methyl sites for hydroxylation is 1. The molecule has 5 heteroatoms. The molecule has 1 aliphatic rings. The largest absolute Gasteiger partial charge is 0.373 e. The van der Waals surface area contributed by atoms with Gasteiger partial charge >= 0.3 is 0 Å². The number of ketones is 1. The second-order valence-corrected chi connectivity index (χ2v) is 7.94. The molecule has 0 saturated heterocycles. The summed E-state index contributed by atoms with van der Waals surface area (Å²) in [7, 11) is 1.38. The number of methoxy groups -OCH3 is 1. The lowest BCUT2D eigenvalue weighted by molar-refractivity contribution is -0.126. The van der Waals surface area contributed by atoms with Crippen LogP contribution in [0.2, 0.25) is 0 Å². The average molecular weight is 409 g/mol. The number of benzene rings is 1. The Bertz CT molecular complexity index is 767. The molecule has 2 rings (SSSR count). The van der Waals surface area contributed by atoms with Gasteiger partial charge in [0.15, 0.2) is 18.1 Å². The molecule has 1 aromatic carbocycles. The lowest BCUT2D eigenvalue weighted by atomic mass is 9.83. The van der Waals surface area contributed by atoms with E-state index in [1.165, 1.54) is 20.1 Å². The molecule has 5 unspecified atom stereocenters. The highest BCUT2D eigenvalue weighted by molar-refractivity contribution is 6.01. The van der Waals surface area contributed by atoms with Crippen LogP contribution in [0.15, 0.2) is 47.3 Å². The zero-order chi connectivity index (χ0) is 21.7. The zero-order valence-electron chi connectivity index (χ0n) is 17.8. The highest BCUT2D eigenvalue weighted by atomic mass is 19.2. The van der Waals surface area contributed by atoms with Gasteiger partial charge in [-0.3, -0.25) is 4.79 Å². The van der Waals surface area contributed by atoms with E-state index in [0.717, 1.165) is 24.0 Å². The third-order valence-electron chi connectivity index (χ3n) is 5.73. The quantitative estimate of drug-likeness (QED) is 0.469. The standard InChI is InChI=1S/C24H31F3O2/c1-6-7-8-18-13-15(3)20(25)22(27)21(26)19(18)23(28)24(29-5)16(4)17-11-9-14(2)10-12-17/h9-13,16,18,20,22,24H,6-8H2,1-5H3. The molecule has 0 amide bonds. The SMILES string of the molecule is CCCCC1C=C(C)C(F)C(F)C(F)=C1C(=O)C(OC)C(C)c1ccc(C)cc1. The molecular weight excluding hydrogens is 377 g/mol. The smallest absolute Gasteiger partial charge is 0.191 e. The van der Waals surface area contributed by atoms with E-state index >= 15 is 4.39 Å². The van der Waals surface area contributed by atoms with Gasteiger partial charge in [-0.1, -0.05) is 62.6 Å². The van der Waals surface area contributed by atoms with Crippen molar-refractivity contribution in [2.45, 2.75) is 71.3 Å². The summed E-state index contributed by atoms with van der Waals surface area (Å²) in [6.45, 7) is 7.20. The molecule has 0 radical (unpaired) electrons. The number of carbonyl (C=O) groups is 1. The number of Topliss-reactive ketones (excluding diaryl/α,β-unsaturated/α-hetero) is 1. The molecule has 0 bridgehead atoms. The van der Waals surface area contributed by atoms with E-state index in [1.807, 2.05) is 45.0 Å². The summed E-state index contributed by atoms with van der Waals surface area (Å²) in [6, 6.07) is 7.64. The van der Waals surface area contributed by atoms with Gasteiger partial charge in [0.25, 0.3) is 0 Å². The van der Waals surface area contributed by atoms with E-state index < -0.39 is 36.0 Å². The number of halogens is 3. The van der Waals surface area contributed by atoms with Gasteiger partial charge in [-0.25, -0.2) is 13.2 Å². The fourth-order valence-electron chi connectivity index (χ4n) is 3.87. The fourth-order valence-corrected chi connectivity index (χ4v) is 3.87. The third kappa shape index (κ3) is 5.19. The molecule has 2 nitrogen and oxygen atoms in total. The first-order valence-electron chi connectivity index (χ1n) is 10.2. The van der Waals surface area contributed by atoms with Crippen molar-refractivity contribution in [2.75, 3.05) is 7.11 Å². The van der Waals surface area contributed by atoms with E-state index in [9.17, 15) is 13.6 Å². The number of alkyl halides is 2. The van der Waals surface area contributed by atoms with Gasteiger partial charge in [0, 0.05) is 24.5 Å². The van der Waals surface area contributed by atoms with Crippen LogP contribution in [0.3, 0.4) is 0 Å². The van der Waals surface area contributed by atoms with Crippen LogP contribution in [-0.2, 0) is 9.53 Å². The molecule has 0 aliphatic heterocycles. The molecule has 5 atom stereocenters. The molecule has 160 valence electrons. The van der Waals surface area contributed by atoms with Gasteiger partial charge in [-0.15, -0.1) is 0 Å². The first-order valence-corrected chi connectivity index (χ1v) is 10.2. The van der Waals surface area contributed by atoms with Gasteiger partial charge < -0.3 is 4.74 Å². The summed E-state index contributed by atoms with van der Waals surface area (Å²) in [5.74, 6) is -2.94. The second-order valence-electron chi connectivity index (χ2n) is 7.94. The minimum absolute atomic E-state index is 0.122. The van der Waals surface area contributed by atoms with Crippen molar-refractivity contribution in [1.82, 2.24) is 0 Å². The lowest BCUT2D eigenvalue weighted by Crippen LogP contribution is -2.33. The highest BCUT2D eigenvalue weighted by Crippen LogP contribution is 2.37. The van der Waals surface area contributed by atoms with E-state index in [2.05, 4.69) is 0 Å². The summed E-state index contributed by atoms with van der Waals surface area (Å²) in [6.07, 6.45) is -2.02. The van der Waals surface area contributed by atoms with Gasteiger partial charge in [0.05, 0.1) is 0 Å². The van der Waals surface area contributed by atoms with Crippen molar-refractivity contribution in [3.8, 4) is 0 Å². The summed E-state index contributed by atoms with van der Waals surface area (Å²) in [4.78, 5) is 13.4. The molecule has 0 heterocycles. The summed E-state index contributed by atoms with van der Waals surface area (Å²) < 4.78 is 49.3. The maximum atomic E-state index is 15.0. The molecule has 0 saturated carbocycles. The maximum Gasteiger partial charge on any atom is 0.191 e. The predicted octanol–water partition coefficient (Wildman–Crippen LogP) is 6.35. The van der Waals surface area contributed by atoms with Crippen LogP contribution in [-0.4, -0.2) is 31.3 Å². The Morgan fingerprint density at radius 3 is 2.31 bits per heavy atom. The Hall–Kier alpha value is -1.88. The van der Waals surface area contributed by atoms with Gasteiger partial charge in [-0.05, 0) is 31.4 Å². The minimum Gasteiger partial charge on any atom is -0.373 e. The monoisotopic (exact) mass is 408 g/mol. The van der Waals surface area contributed by atoms with Crippen molar-refractivity contribution in [3.05, 3.63) is 58.4 Å². The van der Waals surface area contributed by atoms with Gasteiger partial charge in [0.1, 0.15) is 11.9 Å². The fraction of sp³-hybridized carbons (Fsp3) is 0.542. The van der Waals surface area contributed by atoms with Crippen molar-refractivity contribution in [3.63, 3.8) is 0 Å². The van der Waals surface area contributed by atoms with Gasteiger partial charge in [-0.2, -0.15) is 0 Å². The summed E-state index contributed by atoms with van der Waals surface area (Å²) >= 11 is 0. The number of rotatable bonds is 8. The summed E-state index contributed by atoms with van der Waals surface area (Å²) in [5, 5.41) is 0. The normalized spacial score (nSPS) is 24.7. The van der Waals surface area contributed by atoms with Gasteiger partial charge in [0.2, 0.25) is 0 Å². The first-order chi connectivity index (χ1) is 13.7. The van der Waals surface area contributed by atoms with E-state index in [-0.39, 0.29) is 17.1 Å². The molecule has 0 aromatic heterocycles. The molecule has 0 fully saturated rings. The number of ether oxygens (including phenoxy) is 1. The molecule has 1 aromatic rings. The van der Waals surface area contributed by atoms with Crippen molar-refractivity contribution >= 4 is 5.78 Å². The molecule has 0 spiro atoms. The zero-order valence-corrected chi connectivity index (χ0v) is 17.8. The minimum atomic E-state index is -2.47. The average Bonchev–Trinajstić information content (AvgIpc) is 2.78. The van der Waals surface area contributed by atoms with Crippen molar-refractivity contribution in [1.29, 1.82) is 0 Å². The van der Waals surface area contributed by atoms with Crippen molar-refractivity contribution in [2.24, 2.45) is 5.92 Å². The Labute approximate surface area is 171 Å². The lowest BCUT2D eigenvalue weighted by Gasteiger charge is -2.26. The van der Waals surface area contributed by atoms with Crippen LogP contribution in [0.5, 0.6) is 0 Å². The molecule has 29 heavy (non-hydrogen) atoms. The van der Waals surface area contributed by atoms with Crippen LogP contribution >= 0.6 is 0 Å². The van der Waals surface area contributed by atoms with Crippen LogP contribution in [0.4, 0.5) is 13.2 Å². The van der Waals surface area contributed by atoms with E-state index in [0.29, 0.717) is 6.42 Å². The number of hydrogen-bond donors (Lipinski definition) is 0. The van der Waals surface area contributed by atoms with Crippen molar-refractivity contribution < 1.29 is 22.7 Å². The Morgan fingerprint density at radius 2 is 1.76 bits per heavy atom. The molecular formula is C24H31F3O2. The summed E-state index contributed by atoms with van der Waals surface area (Å²) in [5.41, 5.74) is 1.78. The highest BCUT2D eigenvalue weighted by Gasteiger charge is 2.40.